The van der Waals surface area contributed by atoms with Crippen molar-refractivity contribution < 1.29 is 23.1 Å². The lowest BCUT2D eigenvalue weighted by atomic mass is 10.0. The fraction of sp³-hybridized carbons (Fsp3) is 0.400. The molecule has 1 aliphatic rings. The number of nitrogens with one attached hydrogen (secondary N) is 1. The molecule has 1 heterocycles. The molecule has 0 unspecified atom stereocenters. The molecule has 3 atom stereocenters. The standard InChI is InChI=1S/C25H33N3O5S/c1-5-9-20-12-13-24-22(14-20)33-23(18(2)15-28(19(3)17-29)34(24,31)32)16-27(4)25(30)26-21-10-7-6-8-11-21/h5-14,18-19,23,29H,15-17H2,1-4H3,(H,26,30)/b9-5+/t18-,19+,23-/m1/s1. The van der Waals surface area contributed by atoms with E-state index < -0.39 is 22.2 Å². The molecule has 34 heavy (non-hydrogen) atoms. The number of amides is 2. The summed E-state index contributed by atoms with van der Waals surface area (Å²) >= 11 is 0. The molecular weight excluding hydrogens is 454 g/mol. The molecule has 0 saturated carbocycles. The average molecular weight is 488 g/mol. The number of ether oxygens (including phenoxy) is 1. The predicted octanol–water partition coefficient (Wildman–Crippen LogP) is 3.65. The molecule has 2 N–H and O–H groups in total. The van der Waals surface area contributed by atoms with Crippen LogP contribution in [0.4, 0.5) is 10.5 Å². The van der Waals surface area contributed by atoms with Crippen LogP contribution in [0.1, 0.15) is 26.3 Å². The number of para-hydroxylation sites is 1. The highest BCUT2D eigenvalue weighted by atomic mass is 32.2. The number of carbonyl (C=O) groups excluding carboxylic acids is 1. The molecule has 1 aliphatic heterocycles. The van der Waals surface area contributed by atoms with Gasteiger partial charge in [0.05, 0.1) is 13.2 Å². The summed E-state index contributed by atoms with van der Waals surface area (Å²) in [5.41, 5.74) is 1.49. The van der Waals surface area contributed by atoms with Crippen molar-refractivity contribution in [3.63, 3.8) is 0 Å². The second kappa shape index (κ2) is 11.0. The third-order valence-corrected chi connectivity index (χ3v) is 7.90. The van der Waals surface area contributed by atoms with E-state index in [1.807, 2.05) is 44.2 Å². The summed E-state index contributed by atoms with van der Waals surface area (Å²) in [6, 6.07) is 13.2. The summed E-state index contributed by atoms with van der Waals surface area (Å²) in [6.07, 6.45) is 3.25. The fourth-order valence-electron chi connectivity index (χ4n) is 3.85. The summed E-state index contributed by atoms with van der Waals surface area (Å²) in [5, 5.41) is 12.6. The predicted molar refractivity (Wildman–Crippen MR) is 133 cm³/mol. The van der Waals surface area contributed by atoms with Crippen LogP contribution in [-0.2, 0) is 10.0 Å². The van der Waals surface area contributed by atoms with Gasteiger partial charge in [-0.15, -0.1) is 0 Å². The van der Waals surface area contributed by atoms with Gasteiger partial charge in [0, 0.05) is 31.2 Å². The maximum Gasteiger partial charge on any atom is 0.321 e. The van der Waals surface area contributed by atoms with Gasteiger partial charge in [0.2, 0.25) is 10.0 Å². The number of likely N-dealkylation sites (N-methyl/N-ethyl adjacent to an activating group) is 1. The second-order valence-electron chi connectivity index (χ2n) is 8.62. The van der Waals surface area contributed by atoms with Gasteiger partial charge in [0.1, 0.15) is 16.7 Å². The largest absolute Gasteiger partial charge is 0.487 e. The lowest BCUT2D eigenvalue weighted by Gasteiger charge is -2.37. The highest BCUT2D eigenvalue weighted by Crippen LogP contribution is 2.34. The summed E-state index contributed by atoms with van der Waals surface area (Å²) in [7, 11) is -2.22. The molecule has 2 amide bonds. The van der Waals surface area contributed by atoms with Gasteiger partial charge in [0.15, 0.2) is 0 Å². The number of aliphatic hydroxyl groups excluding tert-OH is 1. The van der Waals surface area contributed by atoms with Crippen LogP contribution in [0.5, 0.6) is 5.75 Å². The van der Waals surface area contributed by atoms with Crippen LogP contribution in [0.25, 0.3) is 6.08 Å². The van der Waals surface area contributed by atoms with Crippen LogP contribution in [0, 0.1) is 5.92 Å². The molecule has 184 valence electrons. The highest BCUT2D eigenvalue weighted by molar-refractivity contribution is 7.89. The molecular formula is C25H33N3O5S. The topological polar surface area (TPSA) is 99.2 Å². The lowest BCUT2D eigenvalue weighted by molar-refractivity contribution is 0.0830. The van der Waals surface area contributed by atoms with Crippen molar-refractivity contribution in [3.8, 4) is 5.75 Å². The molecule has 3 rings (SSSR count). The summed E-state index contributed by atoms with van der Waals surface area (Å²) in [4.78, 5) is 14.3. The van der Waals surface area contributed by atoms with Gasteiger partial charge in [-0.2, -0.15) is 4.31 Å². The molecule has 0 aliphatic carbocycles. The number of nitrogens with zero attached hydrogens (tertiary/aromatic N) is 2. The number of fused-ring (bicyclic) bond motifs is 1. The molecule has 0 bridgehead atoms. The van der Waals surface area contributed by atoms with Crippen molar-refractivity contribution in [2.24, 2.45) is 5.92 Å². The minimum absolute atomic E-state index is 0.0503. The van der Waals surface area contributed by atoms with Crippen LogP contribution in [0.15, 0.2) is 59.5 Å². The lowest BCUT2D eigenvalue weighted by Crippen LogP contribution is -2.50. The number of rotatable bonds is 6. The summed E-state index contributed by atoms with van der Waals surface area (Å²) in [5.74, 6) is -0.0200. The number of hydrogen-bond donors (Lipinski definition) is 2. The van der Waals surface area contributed by atoms with Crippen molar-refractivity contribution in [2.45, 2.75) is 37.8 Å². The number of urea groups is 1. The minimum atomic E-state index is -3.90. The zero-order valence-corrected chi connectivity index (χ0v) is 20.8. The number of sulfonamides is 1. The minimum Gasteiger partial charge on any atom is -0.487 e. The van der Waals surface area contributed by atoms with Gasteiger partial charge in [0.25, 0.3) is 0 Å². The third kappa shape index (κ3) is 5.78. The number of aliphatic hydroxyl groups is 1. The number of anilines is 1. The van der Waals surface area contributed by atoms with E-state index in [0.29, 0.717) is 5.69 Å². The first-order valence-corrected chi connectivity index (χ1v) is 12.7. The zero-order chi connectivity index (χ0) is 24.9. The van der Waals surface area contributed by atoms with E-state index in [4.69, 9.17) is 4.74 Å². The fourth-order valence-corrected chi connectivity index (χ4v) is 5.68. The highest BCUT2D eigenvalue weighted by Gasteiger charge is 2.38. The molecule has 0 fully saturated rings. The van der Waals surface area contributed by atoms with E-state index in [-0.39, 0.29) is 42.3 Å². The second-order valence-corrected chi connectivity index (χ2v) is 10.5. The Morgan fingerprint density at radius 1 is 1.29 bits per heavy atom. The van der Waals surface area contributed by atoms with Crippen molar-refractivity contribution in [3.05, 3.63) is 60.2 Å². The first-order valence-electron chi connectivity index (χ1n) is 11.3. The quantitative estimate of drug-likeness (QED) is 0.648. The molecule has 2 aromatic rings. The molecule has 0 spiro atoms. The van der Waals surface area contributed by atoms with Gasteiger partial charge in [-0.1, -0.05) is 43.3 Å². The summed E-state index contributed by atoms with van der Waals surface area (Å²) < 4.78 is 34.6. The Morgan fingerprint density at radius 2 is 2.00 bits per heavy atom. The Balaban J connectivity index is 1.94. The number of allylic oxidation sites excluding steroid dienone is 1. The van der Waals surface area contributed by atoms with E-state index in [1.54, 1.807) is 38.2 Å². The Morgan fingerprint density at radius 3 is 2.65 bits per heavy atom. The molecule has 0 aromatic heterocycles. The normalized spacial score (nSPS) is 21.1. The molecule has 9 heteroatoms. The monoisotopic (exact) mass is 487 g/mol. The number of hydrogen-bond acceptors (Lipinski definition) is 5. The van der Waals surface area contributed by atoms with Crippen molar-refractivity contribution >= 4 is 27.8 Å². The Labute approximate surface area is 201 Å². The van der Waals surface area contributed by atoms with Gasteiger partial charge >= 0.3 is 6.03 Å². The van der Waals surface area contributed by atoms with Crippen LogP contribution < -0.4 is 10.1 Å². The Hall–Kier alpha value is -2.88. The average Bonchev–Trinajstić information content (AvgIpc) is 2.81. The van der Waals surface area contributed by atoms with E-state index in [2.05, 4.69) is 5.32 Å². The Bertz CT molecular complexity index is 1120. The van der Waals surface area contributed by atoms with E-state index in [0.717, 1.165) is 5.56 Å². The van der Waals surface area contributed by atoms with Gasteiger partial charge in [-0.3, -0.25) is 0 Å². The SMILES string of the molecule is C/C=C/c1ccc2c(c1)O[C@H](CN(C)C(=O)Nc1ccccc1)[C@H](C)CN([C@@H](C)CO)S2(=O)=O. The first kappa shape index (κ1) is 25.7. The van der Waals surface area contributed by atoms with Gasteiger partial charge < -0.3 is 20.1 Å². The Kier molecular flexibility index (Phi) is 8.35. The van der Waals surface area contributed by atoms with Gasteiger partial charge in [-0.25, -0.2) is 13.2 Å². The third-order valence-electron chi connectivity index (χ3n) is 5.88. The van der Waals surface area contributed by atoms with Crippen molar-refractivity contribution in [2.75, 3.05) is 32.1 Å². The number of carbonyl (C=O) groups is 1. The van der Waals surface area contributed by atoms with E-state index >= 15 is 0 Å². The first-order chi connectivity index (χ1) is 16.2. The van der Waals surface area contributed by atoms with E-state index in [1.165, 1.54) is 15.3 Å². The van der Waals surface area contributed by atoms with Crippen molar-refractivity contribution in [1.82, 2.24) is 9.21 Å². The maximum absolute atomic E-state index is 13.5. The molecule has 0 saturated heterocycles. The van der Waals surface area contributed by atoms with Crippen molar-refractivity contribution in [1.29, 1.82) is 0 Å². The van der Waals surface area contributed by atoms with Crippen LogP contribution in [-0.4, -0.2) is 67.7 Å². The van der Waals surface area contributed by atoms with Crippen LogP contribution >= 0.6 is 0 Å². The molecule has 8 nitrogen and oxygen atoms in total. The maximum atomic E-state index is 13.5. The number of benzene rings is 2. The van der Waals surface area contributed by atoms with E-state index in [9.17, 15) is 18.3 Å². The van der Waals surface area contributed by atoms with Crippen LogP contribution in [0.2, 0.25) is 0 Å². The molecule has 0 radical (unpaired) electrons. The van der Waals surface area contributed by atoms with Gasteiger partial charge in [-0.05, 0) is 43.7 Å². The smallest absolute Gasteiger partial charge is 0.321 e. The van der Waals surface area contributed by atoms with Crippen LogP contribution in [0.3, 0.4) is 0 Å². The molecule has 2 aromatic carbocycles. The summed E-state index contributed by atoms with van der Waals surface area (Å²) in [6.45, 7) is 5.54. The zero-order valence-electron chi connectivity index (χ0n) is 20.0.